The van der Waals surface area contributed by atoms with E-state index < -0.39 is 0 Å². The van der Waals surface area contributed by atoms with Crippen LogP contribution in [0.25, 0.3) is 0 Å². The zero-order valence-electron chi connectivity index (χ0n) is 13.4. The summed E-state index contributed by atoms with van der Waals surface area (Å²) >= 11 is 5.97. The smallest absolute Gasteiger partial charge is 0.223 e. The highest BCUT2D eigenvalue weighted by Crippen LogP contribution is 2.25. The Morgan fingerprint density at radius 1 is 1.42 bits per heavy atom. The molecule has 1 atom stereocenters. The number of halogens is 1. The van der Waals surface area contributed by atoms with E-state index in [0.717, 1.165) is 24.2 Å². The molecule has 6 nitrogen and oxygen atoms in total. The standard InChI is InChI=1S/C17H21ClN4O2/c18-13-7-5-12(6-8-13)17-14(21-9-1-4-16(21)24)11-22(20-17)15(19)3-2-10-23/h3,5-8,14,23H,1-2,4,9-11,19H2/b15-3+. The molecule has 1 fully saturated rings. The number of nitrogens with zero attached hydrogens (tertiary/aromatic N) is 3. The van der Waals surface area contributed by atoms with Crippen LogP contribution in [0.5, 0.6) is 0 Å². The Kier molecular flexibility index (Phi) is 5.06. The highest BCUT2D eigenvalue weighted by Gasteiger charge is 2.37. The monoisotopic (exact) mass is 348 g/mol. The molecular formula is C17H21ClN4O2. The van der Waals surface area contributed by atoms with Gasteiger partial charge in [0.15, 0.2) is 0 Å². The van der Waals surface area contributed by atoms with Gasteiger partial charge in [0.25, 0.3) is 0 Å². The molecule has 0 spiro atoms. The Labute approximate surface area is 146 Å². The van der Waals surface area contributed by atoms with Crippen LogP contribution in [0.2, 0.25) is 5.02 Å². The summed E-state index contributed by atoms with van der Waals surface area (Å²) in [5.41, 5.74) is 7.82. The Morgan fingerprint density at radius 2 is 2.17 bits per heavy atom. The van der Waals surface area contributed by atoms with E-state index >= 15 is 0 Å². The van der Waals surface area contributed by atoms with E-state index in [1.807, 2.05) is 29.2 Å². The minimum Gasteiger partial charge on any atom is -0.396 e. The summed E-state index contributed by atoms with van der Waals surface area (Å²) < 4.78 is 0. The minimum atomic E-state index is -0.123. The molecule has 7 heteroatoms. The average molecular weight is 349 g/mol. The van der Waals surface area contributed by atoms with Crippen molar-refractivity contribution in [2.45, 2.75) is 25.3 Å². The van der Waals surface area contributed by atoms with Gasteiger partial charge in [0.2, 0.25) is 5.91 Å². The first-order valence-electron chi connectivity index (χ1n) is 8.08. The quantitative estimate of drug-likeness (QED) is 0.845. The largest absolute Gasteiger partial charge is 0.396 e. The summed E-state index contributed by atoms with van der Waals surface area (Å²) in [6.07, 6.45) is 3.68. The third-order valence-corrected chi connectivity index (χ3v) is 4.55. The van der Waals surface area contributed by atoms with Gasteiger partial charge in [-0.3, -0.25) is 4.79 Å². The lowest BCUT2D eigenvalue weighted by Gasteiger charge is -2.25. The third-order valence-electron chi connectivity index (χ3n) is 4.30. The first-order chi connectivity index (χ1) is 11.6. The number of benzene rings is 1. The van der Waals surface area contributed by atoms with Gasteiger partial charge in [-0.15, -0.1) is 0 Å². The number of hydrazone groups is 1. The van der Waals surface area contributed by atoms with Gasteiger partial charge in [-0.2, -0.15) is 5.10 Å². The van der Waals surface area contributed by atoms with E-state index in [-0.39, 0.29) is 18.6 Å². The van der Waals surface area contributed by atoms with Crippen LogP contribution in [0.4, 0.5) is 0 Å². The molecule has 0 radical (unpaired) electrons. The lowest BCUT2D eigenvalue weighted by Crippen LogP contribution is -2.44. The van der Waals surface area contributed by atoms with E-state index in [1.54, 1.807) is 11.1 Å². The van der Waals surface area contributed by atoms with Gasteiger partial charge in [0.1, 0.15) is 5.82 Å². The van der Waals surface area contributed by atoms with Crippen LogP contribution in [0.3, 0.4) is 0 Å². The summed E-state index contributed by atoms with van der Waals surface area (Å²) in [5, 5.41) is 16.0. The van der Waals surface area contributed by atoms with E-state index in [9.17, 15) is 4.79 Å². The molecule has 1 amide bonds. The second-order valence-electron chi connectivity index (χ2n) is 5.92. The molecule has 2 aliphatic heterocycles. The molecule has 1 saturated heterocycles. The normalized spacial score (nSPS) is 21.6. The Hall–Kier alpha value is -2.05. The number of aliphatic hydroxyl groups is 1. The molecule has 2 aliphatic rings. The van der Waals surface area contributed by atoms with Crippen LogP contribution in [0.1, 0.15) is 24.8 Å². The van der Waals surface area contributed by atoms with Crippen molar-refractivity contribution in [3.05, 3.63) is 46.7 Å². The third kappa shape index (κ3) is 3.39. The summed E-state index contributed by atoms with van der Waals surface area (Å²) in [6, 6.07) is 7.32. The lowest BCUT2D eigenvalue weighted by atomic mass is 10.0. The summed E-state index contributed by atoms with van der Waals surface area (Å²) in [6.45, 7) is 1.30. The molecule has 0 bridgehead atoms. The number of carbonyl (C=O) groups excluding carboxylic acids is 1. The van der Waals surface area contributed by atoms with Crippen molar-refractivity contribution >= 4 is 23.2 Å². The number of amides is 1. The number of aliphatic hydroxyl groups excluding tert-OH is 1. The van der Waals surface area contributed by atoms with Crippen molar-refractivity contribution in [2.24, 2.45) is 10.8 Å². The number of nitrogens with two attached hydrogens (primary N) is 1. The molecule has 128 valence electrons. The second-order valence-corrected chi connectivity index (χ2v) is 6.36. The predicted octanol–water partition coefficient (Wildman–Crippen LogP) is 1.53. The van der Waals surface area contributed by atoms with Crippen LogP contribution in [0, 0.1) is 0 Å². The van der Waals surface area contributed by atoms with Crippen LogP contribution >= 0.6 is 11.6 Å². The van der Waals surface area contributed by atoms with Crippen molar-refractivity contribution in [2.75, 3.05) is 19.7 Å². The van der Waals surface area contributed by atoms with Gasteiger partial charge in [-0.05, 0) is 31.1 Å². The van der Waals surface area contributed by atoms with Crippen molar-refractivity contribution in [1.29, 1.82) is 0 Å². The summed E-state index contributed by atoms with van der Waals surface area (Å²) in [5.74, 6) is 0.645. The van der Waals surface area contributed by atoms with Gasteiger partial charge in [-0.25, -0.2) is 5.01 Å². The topological polar surface area (TPSA) is 82.2 Å². The fraction of sp³-hybridized carbons (Fsp3) is 0.412. The first kappa shape index (κ1) is 16.8. The Morgan fingerprint density at radius 3 is 2.79 bits per heavy atom. The number of hydrogen-bond acceptors (Lipinski definition) is 5. The van der Waals surface area contributed by atoms with Crippen molar-refractivity contribution in [1.82, 2.24) is 9.91 Å². The summed E-state index contributed by atoms with van der Waals surface area (Å²) in [7, 11) is 0. The van der Waals surface area contributed by atoms with Gasteiger partial charge >= 0.3 is 0 Å². The number of hydrogen-bond donors (Lipinski definition) is 2. The number of rotatable bonds is 5. The van der Waals surface area contributed by atoms with Crippen LogP contribution in [-0.4, -0.2) is 52.4 Å². The van der Waals surface area contributed by atoms with Gasteiger partial charge in [-0.1, -0.05) is 23.7 Å². The highest BCUT2D eigenvalue weighted by atomic mass is 35.5. The molecule has 0 saturated carbocycles. The maximum Gasteiger partial charge on any atom is 0.223 e. The molecule has 0 aliphatic carbocycles. The fourth-order valence-electron chi connectivity index (χ4n) is 3.08. The van der Waals surface area contributed by atoms with Crippen LogP contribution in [0.15, 0.2) is 41.3 Å². The Balaban J connectivity index is 1.91. The maximum atomic E-state index is 12.2. The predicted molar refractivity (Wildman–Crippen MR) is 93.4 cm³/mol. The molecule has 3 rings (SSSR count). The molecule has 1 aromatic carbocycles. The maximum absolute atomic E-state index is 12.2. The molecule has 1 aromatic rings. The van der Waals surface area contributed by atoms with E-state index in [4.69, 9.17) is 22.4 Å². The summed E-state index contributed by atoms with van der Waals surface area (Å²) in [4.78, 5) is 14.1. The molecule has 3 N–H and O–H groups in total. The van der Waals surface area contributed by atoms with Crippen molar-refractivity contribution < 1.29 is 9.90 Å². The zero-order chi connectivity index (χ0) is 17.1. The van der Waals surface area contributed by atoms with Crippen molar-refractivity contribution in [3.63, 3.8) is 0 Å². The molecule has 0 aromatic heterocycles. The SMILES string of the molecule is N/C(=C\CCO)N1CC(N2CCCC2=O)C(c2ccc(Cl)cc2)=N1. The second kappa shape index (κ2) is 7.23. The van der Waals surface area contributed by atoms with Crippen molar-refractivity contribution in [3.8, 4) is 0 Å². The van der Waals surface area contributed by atoms with E-state index in [0.29, 0.717) is 30.2 Å². The molecule has 24 heavy (non-hydrogen) atoms. The fourth-order valence-corrected chi connectivity index (χ4v) is 3.21. The van der Waals surface area contributed by atoms with Crippen LogP contribution in [-0.2, 0) is 4.79 Å². The van der Waals surface area contributed by atoms with Gasteiger partial charge in [0.05, 0.1) is 18.3 Å². The molecular weight excluding hydrogens is 328 g/mol. The Bertz CT molecular complexity index is 672. The van der Waals surface area contributed by atoms with E-state index in [1.165, 1.54) is 0 Å². The molecule has 2 heterocycles. The first-order valence-corrected chi connectivity index (χ1v) is 8.46. The lowest BCUT2D eigenvalue weighted by molar-refractivity contribution is -0.128. The zero-order valence-corrected chi connectivity index (χ0v) is 14.1. The molecule has 1 unspecified atom stereocenters. The van der Waals surface area contributed by atoms with E-state index in [2.05, 4.69) is 5.10 Å². The average Bonchev–Trinajstić information content (AvgIpc) is 3.19. The number of likely N-dealkylation sites (tertiary alicyclic amines) is 1. The van der Waals surface area contributed by atoms with Gasteiger partial charge in [0, 0.05) is 30.2 Å². The van der Waals surface area contributed by atoms with Crippen LogP contribution < -0.4 is 5.73 Å². The van der Waals surface area contributed by atoms with Gasteiger partial charge < -0.3 is 15.7 Å². The number of carbonyl (C=O) groups is 1. The minimum absolute atomic E-state index is 0.0380. The highest BCUT2D eigenvalue weighted by molar-refractivity contribution is 6.30.